The van der Waals surface area contributed by atoms with Crippen LogP contribution in [-0.4, -0.2) is 25.9 Å². The average Bonchev–Trinajstić information content (AvgIpc) is 2.51. The summed E-state index contributed by atoms with van der Waals surface area (Å²) in [4.78, 5) is 11.8. The first kappa shape index (κ1) is 15.9. The Kier molecular flexibility index (Phi) is 5.47. The minimum absolute atomic E-state index is 0.409. The van der Waals surface area contributed by atoms with Crippen molar-refractivity contribution in [2.45, 2.75) is 20.8 Å². The predicted molar refractivity (Wildman–Crippen MR) is 86.0 cm³/mol. The lowest BCUT2D eigenvalue weighted by Gasteiger charge is -2.16. The molecule has 0 heterocycles. The summed E-state index contributed by atoms with van der Waals surface area (Å²) in [5.74, 6) is 1.62. The van der Waals surface area contributed by atoms with Gasteiger partial charge in [0, 0.05) is 23.4 Å². The van der Waals surface area contributed by atoms with E-state index >= 15 is 0 Å². The van der Waals surface area contributed by atoms with E-state index in [2.05, 4.69) is 5.32 Å². The molecule has 0 aliphatic carbocycles. The first-order valence-corrected chi connectivity index (χ1v) is 7.48. The quantitative estimate of drug-likeness (QED) is 0.883. The van der Waals surface area contributed by atoms with Gasteiger partial charge in [-0.25, -0.2) is 4.79 Å². The number of amides is 1. The zero-order valence-electron chi connectivity index (χ0n) is 13.1. The van der Waals surface area contributed by atoms with Gasteiger partial charge in [0.1, 0.15) is 5.75 Å². The lowest BCUT2D eigenvalue weighted by molar-refractivity contribution is 0.198. The molecule has 2 rings (SSSR count). The van der Waals surface area contributed by atoms with Gasteiger partial charge in [-0.1, -0.05) is 24.3 Å². The Morgan fingerprint density at radius 2 is 1.64 bits per heavy atom. The van der Waals surface area contributed by atoms with Crippen LogP contribution in [0.5, 0.6) is 17.2 Å². The largest absolute Gasteiger partial charge is 0.493 e. The van der Waals surface area contributed by atoms with Crippen LogP contribution in [0.3, 0.4) is 0 Å². The maximum atomic E-state index is 11.8. The van der Waals surface area contributed by atoms with E-state index in [1.54, 1.807) is 6.07 Å². The second-order valence-electron chi connectivity index (χ2n) is 4.53. The SMILES string of the molecule is CCNC(=O)Oc1c(OCC)cc(OCC)c2ccccc12. The predicted octanol–water partition coefficient (Wildman–Crippen LogP) is 3.75. The van der Waals surface area contributed by atoms with E-state index in [9.17, 15) is 4.79 Å². The maximum Gasteiger partial charge on any atom is 0.412 e. The summed E-state index contributed by atoms with van der Waals surface area (Å²) in [7, 11) is 0. The fraction of sp³-hybridized carbons (Fsp3) is 0.353. The highest BCUT2D eigenvalue weighted by Gasteiger charge is 2.17. The molecule has 22 heavy (non-hydrogen) atoms. The smallest absolute Gasteiger partial charge is 0.412 e. The molecule has 5 nitrogen and oxygen atoms in total. The van der Waals surface area contributed by atoms with Crippen LogP contribution < -0.4 is 19.5 Å². The molecule has 0 bridgehead atoms. The number of nitrogens with one attached hydrogen (secondary N) is 1. The Morgan fingerprint density at radius 3 is 2.27 bits per heavy atom. The van der Waals surface area contributed by atoms with E-state index in [0.29, 0.717) is 37.0 Å². The summed E-state index contributed by atoms with van der Waals surface area (Å²) in [6.07, 6.45) is -0.502. The van der Waals surface area contributed by atoms with E-state index in [4.69, 9.17) is 14.2 Å². The summed E-state index contributed by atoms with van der Waals surface area (Å²) in [6, 6.07) is 9.39. The van der Waals surface area contributed by atoms with E-state index in [1.807, 2.05) is 45.0 Å². The van der Waals surface area contributed by atoms with Gasteiger partial charge in [0.15, 0.2) is 11.5 Å². The van der Waals surface area contributed by atoms with Crippen molar-refractivity contribution in [3.63, 3.8) is 0 Å². The van der Waals surface area contributed by atoms with Crippen LogP contribution >= 0.6 is 0 Å². The molecule has 0 unspecified atom stereocenters. The molecule has 2 aromatic carbocycles. The summed E-state index contributed by atoms with van der Waals surface area (Å²) < 4.78 is 16.8. The number of fused-ring (bicyclic) bond motifs is 1. The van der Waals surface area contributed by atoms with E-state index in [-0.39, 0.29) is 0 Å². The van der Waals surface area contributed by atoms with Gasteiger partial charge in [-0.3, -0.25) is 0 Å². The van der Waals surface area contributed by atoms with E-state index in [0.717, 1.165) is 10.8 Å². The highest BCUT2D eigenvalue weighted by molar-refractivity contribution is 5.97. The van der Waals surface area contributed by atoms with Gasteiger partial charge in [-0.15, -0.1) is 0 Å². The topological polar surface area (TPSA) is 56.8 Å². The molecule has 0 fully saturated rings. The summed E-state index contributed by atoms with van der Waals surface area (Å²) in [5.41, 5.74) is 0. The molecule has 0 saturated heterocycles. The molecule has 0 radical (unpaired) electrons. The Balaban J connectivity index is 2.57. The van der Waals surface area contributed by atoms with Crippen molar-refractivity contribution in [2.24, 2.45) is 0 Å². The van der Waals surface area contributed by atoms with Gasteiger partial charge in [0.05, 0.1) is 13.2 Å². The third-order valence-electron chi connectivity index (χ3n) is 3.04. The van der Waals surface area contributed by atoms with Crippen LogP contribution in [0.15, 0.2) is 30.3 Å². The Hall–Kier alpha value is -2.43. The van der Waals surface area contributed by atoms with Crippen molar-refractivity contribution in [1.29, 1.82) is 0 Å². The highest BCUT2D eigenvalue weighted by atomic mass is 16.6. The normalized spacial score (nSPS) is 10.3. The van der Waals surface area contributed by atoms with Crippen LogP contribution in [0.1, 0.15) is 20.8 Å². The number of hydrogen-bond acceptors (Lipinski definition) is 4. The summed E-state index contributed by atoms with van der Waals surface area (Å²) in [6.45, 7) is 7.15. The van der Waals surface area contributed by atoms with Crippen molar-refractivity contribution in [1.82, 2.24) is 5.32 Å². The van der Waals surface area contributed by atoms with Crippen molar-refractivity contribution < 1.29 is 19.0 Å². The molecule has 0 aromatic heterocycles. The lowest BCUT2D eigenvalue weighted by atomic mass is 10.1. The second-order valence-corrected chi connectivity index (χ2v) is 4.53. The van der Waals surface area contributed by atoms with Gasteiger partial charge >= 0.3 is 6.09 Å². The van der Waals surface area contributed by atoms with Gasteiger partial charge in [-0.2, -0.15) is 0 Å². The fourth-order valence-electron chi connectivity index (χ4n) is 2.21. The molecule has 0 aliphatic heterocycles. The molecule has 2 aromatic rings. The lowest BCUT2D eigenvalue weighted by Crippen LogP contribution is -2.26. The van der Waals surface area contributed by atoms with Crippen molar-refractivity contribution in [2.75, 3.05) is 19.8 Å². The molecular weight excluding hydrogens is 282 g/mol. The monoisotopic (exact) mass is 303 g/mol. The van der Waals surface area contributed by atoms with E-state index in [1.165, 1.54) is 0 Å². The Morgan fingerprint density at radius 1 is 1.00 bits per heavy atom. The number of rotatable bonds is 6. The first-order chi connectivity index (χ1) is 10.7. The number of ether oxygens (including phenoxy) is 3. The fourth-order valence-corrected chi connectivity index (χ4v) is 2.21. The van der Waals surface area contributed by atoms with Crippen LogP contribution in [0, 0.1) is 0 Å². The first-order valence-electron chi connectivity index (χ1n) is 7.48. The molecular formula is C17H21NO4. The minimum Gasteiger partial charge on any atom is -0.493 e. The number of carbonyl (C=O) groups excluding carboxylic acids is 1. The molecule has 0 spiro atoms. The van der Waals surface area contributed by atoms with Crippen LogP contribution in [0.2, 0.25) is 0 Å². The molecule has 0 saturated carbocycles. The molecule has 1 N–H and O–H groups in total. The van der Waals surface area contributed by atoms with E-state index < -0.39 is 6.09 Å². The Labute approximate surface area is 130 Å². The third kappa shape index (κ3) is 3.42. The Bertz CT molecular complexity index is 654. The second kappa shape index (κ2) is 7.54. The van der Waals surface area contributed by atoms with Gasteiger partial charge in [0.2, 0.25) is 0 Å². The number of benzene rings is 2. The van der Waals surface area contributed by atoms with Crippen LogP contribution in [0.4, 0.5) is 4.79 Å². The highest BCUT2D eigenvalue weighted by Crippen LogP contribution is 2.41. The molecule has 5 heteroatoms. The number of carbonyl (C=O) groups is 1. The van der Waals surface area contributed by atoms with Gasteiger partial charge in [-0.05, 0) is 20.8 Å². The minimum atomic E-state index is -0.502. The number of hydrogen-bond donors (Lipinski definition) is 1. The molecule has 0 aliphatic rings. The van der Waals surface area contributed by atoms with Crippen LogP contribution in [0.25, 0.3) is 10.8 Å². The maximum absolute atomic E-state index is 11.8. The summed E-state index contributed by atoms with van der Waals surface area (Å²) in [5, 5.41) is 4.28. The van der Waals surface area contributed by atoms with Crippen molar-refractivity contribution in [3.8, 4) is 17.2 Å². The average molecular weight is 303 g/mol. The van der Waals surface area contributed by atoms with Crippen molar-refractivity contribution in [3.05, 3.63) is 30.3 Å². The standard InChI is InChI=1S/C17H21NO4/c1-4-18-17(19)22-16-13-10-8-7-9-12(13)14(20-5-2)11-15(16)21-6-3/h7-11H,4-6H2,1-3H3,(H,18,19). The van der Waals surface area contributed by atoms with Crippen molar-refractivity contribution >= 4 is 16.9 Å². The van der Waals surface area contributed by atoms with Gasteiger partial charge in [0.25, 0.3) is 0 Å². The van der Waals surface area contributed by atoms with Crippen LogP contribution in [-0.2, 0) is 0 Å². The zero-order valence-corrected chi connectivity index (χ0v) is 13.1. The van der Waals surface area contributed by atoms with Gasteiger partial charge < -0.3 is 19.5 Å². The molecule has 118 valence electrons. The molecule has 0 atom stereocenters. The zero-order chi connectivity index (χ0) is 15.9. The third-order valence-corrected chi connectivity index (χ3v) is 3.04. The summed E-state index contributed by atoms with van der Waals surface area (Å²) >= 11 is 0. The molecule has 1 amide bonds.